The van der Waals surface area contributed by atoms with Gasteiger partial charge in [0, 0.05) is 38.9 Å². The fourth-order valence-corrected chi connectivity index (χ4v) is 7.17. The van der Waals surface area contributed by atoms with E-state index in [4.69, 9.17) is 4.74 Å². The lowest BCUT2D eigenvalue weighted by Crippen LogP contribution is -2.49. The zero-order valence-electron chi connectivity index (χ0n) is 17.3. The number of pyridine rings is 1. The number of hydrogen-bond acceptors (Lipinski definition) is 7. The molecule has 0 bridgehead atoms. The van der Waals surface area contributed by atoms with Gasteiger partial charge in [-0.1, -0.05) is 6.07 Å². The number of anilines is 2. The molecule has 0 aliphatic carbocycles. The molecule has 168 valence electrons. The van der Waals surface area contributed by atoms with Crippen LogP contribution in [0.15, 0.2) is 47.5 Å². The average Bonchev–Trinajstić information content (AvgIpc) is 2.79. The van der Waals surface area contributed by atoms with Gasteiger partial charge in [-0.3, -0.25) is 4.31 Å². The molecule has 0 spiro atoms. The third-order valence-electron chi connectivity index (χ3n) is 5.61. The van der Waals surface area contributed by atoms with Crippen LogP contribution in [0.25, 0.3) is 0 Å². The van der Waals surface area contributed by atoms with Crippen LogP contribution < -0.4 is 13.9 Å². The zero-order valence-corrected chi connectivity index (χ0v) is 19.0. The molecule has 3 heterocycles. The highest BCUT2D eigenvalue weighted by molar-refractivity contribution is 7.92. The SMILES string of the molecule is COc1ccc(N2CCCCS2(=O)=O)cc1S(=O)(=O)N1CCN(c2ccccn2)CC1. The normalized spacial score (nSPS) is 19.9. The smallest absolute Gasteiger partial charge is 0.246 e. The summed E-state index contributed by atoms with van der Waals surface area (Å²) in [5, 5.41) is 0. The van der Waals surface area contributed by atoms with Crippen molar-refractivity contribution in [1.29, 1.82) is 0 Å². The first-order chi connectivity index (χ1) is 14.8. The van der Waals surface area contributed by atoms with Crippen molar-refractivity contribution in [1.82, 2.24) is 9.29 Å². The molecule has 31 heavy (non-hydrogen) atoms. The monoisotopic (exact) mass is 466 g/mol. The Morgan fingerprint density at radius 3 is 2.42 bits per heavy atom. The highest BCUT2D eigenvalue weighted by atomic mass is 32.2. The van der Waals surface area contributed by atoms with Crippen molar-refractivity contribution in [2.24, 2.45) is 0 Å². The van der Waals surface area contributed by atoms with E-state index in [1.165, 1.54) is 27.9 Å². The van der Waals surface area contributed by atoms with Crippen molar-refractivity contribution in [3.63, 3.8) is 0 Å². The van der Waals surface area contributed by atoms with Gasteiger partial charge in [0.1, 0.15) is 16.5 Å². The fourth-order valence-electron chi connectivity index (χ4n) is 3.94. The van der Waals surface area contributed by atoms with E-state index in [1.807, 2.05) is 23.1 Å². The van der Waals surface area contributed by atoms with E-state index in [0.717, 1.165) is 12.2 Å². The van der Waals surface area contributed by atoms with E-state index in [1.54, 1.807) is 12.3 Å². The van der Waals surface area contributed by atoms with E-state index in [-0.39, 0.29) is 16.4 Å². The van der Waals surface area contributed by atoms with E-state index in [0.29, 0.717) is 44.8 Å². The number of hydrogen-bond donors (Lipinski definition) is 0. The lowest BCUT2D eigenvalue weighted by molar-refractivity contribution is 0.373. The first-order valence-electron chi connectivity index (χ1n) is 10.2. The van der Waals surface area contributed by atoms with Crippen LogP contribution in [-0.2, 0) is 20.0 Å². The van der Waals surface area contributed by atoms with Gasteiger partial charge in [0.15, 0.2) is 0 Å². The van der Waals surface area contributed by atoms with E-state index >= 15 is 0 Å². The van der Waals surface area contributed by atoms with Gasteiger partial charge in [0.25, 0.3) is 0 Å². The first kappa shape index (κ1) is 21.8. The first-order valence-corrected chi connectivity index (χ1v) is 13.2. The highest BCUT2D eigenvalue weighted by Gasteiger charge is 2.33. The quantitative estimate of drug-likeness (QED) is 0.659. The lowest BCUT2D eigenvalue weighted by Gasteiger charge is -2.35. The number of sulfonamides is 2. The van der Waals surface area contributed by atoms with Crippen molar-refractivity contribution in [2.45, 2.75) is 17.7 Å². The van der Waals surface area contributed by atoms with Crippen molar-refractivity contribution in [3.05, 3.63) is 42.6 Å². The standard InChI is InChI=1S/C20H26N4O5S2/c1-29-18-8-7-17(24-10-4-5-15-30(24,25)26)16-19(18)31(27,28)23-13-11-22(12-14-23)20-6-2-3-9-21-20/h2-3,6-9,16H,4-5,10-15H2,1H3. The maximum absolute atomic E-state index is 13.5. The van der Waals surface area contributed by atoms with Crippen LogP contribution in [0.4, 0.5) is 11.5 Å². The third-order valence-corrected chi connectivity index (χ3v) is 9.40. The van der Waals surface area contributed by atoms with Gasteiger partial charge in [-0.2, -0.15) is 4.31 Å². The molecule has 9 nitrogen and oxygen atoms in total. The van der Waals surface area contributed by atoms with E-state index in [2.05, 4.69) is 4.98 Å². The maximum Gasteiger partial charge on any atom is 0.246 e. The summed E-state index contributed by atoms with van der Waals surface area (Å²) < 4.78 is 59.9. The molecule has 4 rings (SSSR count). The lowest BCUT2D eigenvalue weighted by atomic mass is 10.2. The Morgan fingerprint density at radius 2 is 1.77 bits per heavy atom. The second-order valence-electron chi connectivity index (χ2n) is 7.51. The number of piperazine rings is 1. The molecule has 0 saturated carbocycles. The van der Waals surface area contributed by atoms with E-state index in [9.17, 15) is 16.8 Å². The van der Waals surface area contributed by atoms with Gasteiger partial charge in [-0.15, -0.1) is 0 Å². The summed E-state index contributed by atoms with van der Waals surface area (Å²) >= 11 is 0. The Balaban J connectivity index is 1.60. The predicted octanol–water partition coefficient (Wildman–Crippen LogP) is 1.53. The molecule has 2 fully saturated rings. The Morgan fingerprint density at radius 1 is 1.00 bits per heavy atom. The molecule has 0 N–H and O–H groups in total. The van der Waals surface area contributed by atoms with Crippen molar-refractivity contribution in [3.8, 4) is 5.75 Å². The Bertz CT molecular complexity index is 1130. The molecule has 0 unspecified atom stereocenters. The number of ether oxygens (including phenoxy) is 1. The molecular formula is C20H26N4O5S2. The van der Waals surface area contributed by atoms with Gasteiger partial charge in [0.2, 0.25) is 20.0 Å². The number of rotatable bonds is 5. The van der Waals surface area contributed by atoms with Gasteiger partial charge < -0.3 is 9.64 Å². The maximum atomic E-state index is 13.5. The van der Waals surface area contributed by atoms with Crippen molar-refractivity contribution in [2.75, 3.05) is 54.8 Å². The van der Waals surface area contributed by atoms with Gasteiger partial charge in [-0.25, -0.2) is 21.8 Å². The second kappa shape index (κ2) is 8.64. The van der Waals surface area contributed by atoms with Crippen LogP contribution in [0, 0.1) is 0 Å². The molecule has 2 saturated heterocycles. The molecule has 11 heteroatoms. The Hall–Kier alpha value is -2.37. The molecule has 2 aliphatic heterocycles. The summed E-state index contributed by atoms with van der Waals surface area (Å²) in [5.74, 6) is 1.08. The molecule has 0 atom stereocenters. The third kappa shape index (κ3) is 4.35. The van der Waals surface area contributed by atoms with E-state index < -0.39 is 20.0 Å². The Labute approximate surface area is 183 Å². The molecule has 1 aromatic heterocycles. The van der Waals surface area contributed by atoms with Crippen LogP contribution in [-0.4, -0.2) is 71.7 Å². The van der Waals surface area contributed by atoms with Gasteiger partial charge in [0.05, 0.1) is 18.6 Å². The molecule has 2 aliphatic rings. The fraction of sp³-hybridized carbons (Fsp3) is 0.450. The number of aromatic nitrogens is 1. The van der Waals surface area contributed by atoms with Crippen LogP contribution in [0.2, 0.25) is 0 Å². The topological polar surface area (TPSA) is 100 Å². The van der Waals surface area contributed by atoms with Gasteiger partial charge in [-0.05, 0) is 43.2 Å². The predicted molar refractivity (Wildman–Crippen MR) is 119 cm³/mol. The van der Waals surface area contributed by atoms with Crippen molar-refractivity contribution < 1.29 is 21.6 Å². The summed E-state index contributed by atoms with van der Waals surface area (Å²) in [7, 11) is -5.91. The average molecular weight is 467 g/mol. The summed E-state index contributed by atoms with van der Waals surface area (Å²) in [5.41, 5.74) is 0.353. The minimum absolute atomic E-state index is 0.0143. The summed E-state index contributed by atoms with van der Waals surface area (Å²) in [6.07, 6.45) is 3.06. The van der Waals surface area contributed by atoms with Crippen LogP contribution >= 0.6 is 0 Å². The van der Waals surface area contributed by atoms with Crippen LogP contribution in [0.1, 0.15) is 12.8 Å². The van der Waals surface area contributed by atoms with Crippen molar-refractivity contribution >= 4 is 31.6 Å². The van der Waals surface area contributed by atoms with Crippen LogP contribution in [0.3, 0.4) is 0 Å². The molecule has 0 radical (unpaired) electrons. The summed E-state index contributed by atoms with van der Waals surface area (Å²) in [4.78, 5) is 6.36. The number of methoxy groups -OCH3 is 1. The number of nitrogens with zero attached hydrogens (tertiary/aromatic N) is 4. The molecule has 1 aromatic carbocycles. The van der Waals surface area contributed by atoms with Gasteiger partial charge >= 0.3 is 0 Å². The minimum Gasteiger partial charge on any atom is -0.495 e. The second-order valence-corrected chi connectivity index (χ2v) is 11.4. The summed E-state index contributed by atoms with van der Waals surface area (Å²) in [6, 6.07) is 10.2. The zero-order chi connectivity index (χ0) is 22.1. The molecule has 0 amide bonds. The van der Waals surface area contributed by atoms with Crippen LogP contribution in [0.5, 0.6) is 5.75 Å². The molecule has 2 aromatic rings. The minimum atomic E-state index is -3.87. The Kier molecular flexibility index (Phi) is 6.09. The largest absolute Gasteiger partial charge is 0.495 e. The molecular weight excluding hydrogens is 440 g/mol. The highest BCUT2D eigenvalue weighted by Crippen LogP contribution is 2.34. The number of benzene rings is 1. The summed E-state index contributed by atoms with van der Waals surface area (Å²) in [6.45, 7) is 1.97.